The molecule has 0 unspecified atom stereocenters. The molecule has 1 heterocycles. The number of hydrogen-bond donors (Lipinski definition) is 2. The van der Waals surface area contributed by atoms with Crippen molar-refractivity contribution in [2.24, 2.45) is 0 Å². The fourth-order valence-corrected chi connectivity index (χ4v) is 2.79. The predicted octanol–water partition coefficient (Wildman–Crippen LogP) is 2.86. The number of fused-ring (bicyclic) bond motifs is 1. The Kier molecular flexibility index (Phi) is 4.62. The zero-order valence-electron chi connectivity index (χ0n) is 14.3. The number of amides is 1. The van der Waals surface area contributed by atoms with Crippen LogP contribution in [0.3, 0.4) is 0 Å². The molecule has 0 radical (unpaired) electrons. The molecule has 0 spiro atoms. The largest absolute Gasteiger partial charge is 0.347 e. The van der Waals surface area contributed by atoms with Gasteiger partial charge in [0, 0.05) is 18.5 Å². The molecule has 3 rings (SSSR count). The Morgan fingerprint density at radius 3 is 2.67 bits per heavy atom. The predicted molar refractivity (Wildman–Crippen MR) is 95.8 cm³/mol. The Morgan fingerprint density at radius 2 is 1.92 bits per heavy atom. The first-order valence-electron chi connectivity index (χ1n) is 7.99. The van der Waals surface area contributed by atoms with E-state index in [2.05, 4.69) is 26.5 Å². The minimum Gasteiger partial charge on any atom is -0.347 e. The van der Waals surface area contributed by atoms with Crippen molar-refractivity contribution in [1.82, 2.24) is 20.4 Å². The summed E-state index contributed by atoms with van der Waals surface area (Å²) in [6.07, 6.45) is 0. The Morgan fingerprint density at radius 1 is 1.17 bits per heavy atom. The van der Waals surface area contributed by atoms with E-state index in [4.69, 9.17) is 0 Å². The third-order valence-corrected chi connectivity index (χ3v) is 3.98. The third kappa shape index (κ3) is 3.46. The molecule has 124 valence electrons. The van der Waals surface area contributed by atoms with E-state index in [1.54, 1.807) is 0 Å². The van der Waals surface area contributed by atoms with E-state index in [-0.39, 0.29) is 5.91 Å². The number of H-pyrrole nitrogens is 1. The van der Waals surface area contributed by atoms with Crippen molar-refractivity contribution in [3.8, 4) is 0 Å². The highest BCUT2D eigenvalue weighted by Gasteiger charge is 2.14. The van der Waals surface area contributed by atoms with E-state index >= 15 is 0 Å². The van der Waals surface area contributed by atoms with Crippen molar-refractivity contribution in [2.75, 3.05) is 14.1 Å². The lowest BCUT2D eigenvalue weighted by Crippen LogP contribution is -2.24. The fraction of sp³-hybridized carbons (Fsp3) is 0.263. The van der Waals surface area contributed by atoms with Gasteiger partial charge in [-0.15, -0.1) is 0 Å². The maximum atomic E-state index is 12.5. The standard InChI is InChI=1S/C19H22N4O/c1-13-8-9-17-16(10-13)18(22-21-17)19(24)20-11-14-6-4-5-7-15(14)12-23(2)3/h4-10H,11-12H2,1-3H3,(H,20,24)(H,21,22). The SMILES string of the molecule is Cc1ccc2[nH]nc(C(=O)NCc3ccccc3CN(C)C)c2c1. The summed E-state index contributed by atoms with van der Waals surface area (Å²) in [4.78, 5) is 14.6. The zero-order chi connectivity index (χ0) is 17.1. The van der Waals surface area contributed by atoms with Gasteiger partial charge in [-0.2, -0.15) is 5.10 Å². The molecule has 2 N–H and O–H groups in total. The van der Waals surface area contributed by atoms with Gasteiger partial charge in [0.05, 0.1) is 5.52 Å². The second kappa shape index (κ2) is 6.84. The first-order chi connectivity index (χ1) is 11.5. The van der Waals surface area contributed by atoms with Crippen LogP contribution >= 0.6 is 0 Å². The highest BCUT2D eigenvalue weighted by molar-refractivity contribution is 6.04. The number of benzene rings is 2. The second-order valence-electron chi connectivity index (χ2n) is 6.31. The molecule has 0 saturated heterocycles. The summed E-state index contributed by atoms with van der Waals surface area (Å²) >= 11 is 0. The molecule has 0 saturated carbocycles. The fourth-order valence-electron chi connectivity index (χ4n) is 2.79. The van der Waals surface area contributed by atoms with Gasteiger partial charge in [0.1, 0.15) is 0 Å². The number of nitrogens with one attached hydrogen (secondary N) is 2. The number of hydrogen-bond acceptors (Lipinski definition) is 3. The van der Waals surface area contributed by atoms with Gasteiger partial charge in [0.15, 0.2) is 5.69 Å². The van der Waals surface area contributed by atoms with Gasteiger partial charge in [-0.3, -0.25) is 9.89 Å². The maximum Gasteiger partial charge on any atom is 0.272 e. The molecule has 0 aliphatic carbocycles. The summed E-state index contributed by atoms with van der Waals surface area (Å²) < 4.78 is 0. The van der Waals surface area contributed by atoms with Crippen LogP contribution in [0.4, 0.5) is 0 Å². The molecule has 0 aliphatic rings. The number of carbonyl (C=O) groups is 1. The van der Waals surface area contributed by atoms with Crippen LogP contribution in [0.15, 0.2) is 42.5 Å². The zero-order valence-corrected chi connectivity index (χ0v) is 14.3. The van der Waals surface area contributed by atoms with Gasteiger partial charge in [-0.1, -0.05) is 35.9 Å². The molecule has 0 fully saturated rings. The Bertz CT molecular complexity index is 867. The summed E-state index contributed by atoms with van der Waals surface area (Å²) in [5.41, 5.74) is 4.76. The molecule has 5 nitrogen and oxygen atoms in total. The number of aromatic amines is 1. The van der Waals surface area contributed by atoms with E-state index in [1.807, 2.05) is 57.4 Å². The van der Waals surface area contributed by atoms with Crippen LogP contribution in [0.25, 0.3) is 10.9 Å². The van der Waals surface area contributed by atoms with Crippen LogP contribution in [-0.2, 0) is 13.1 Å². The summed E-state index contributed by atoms with van der Waals surface area (Å²) in [6.45, 7) is 3.34. The average Bonchev–Trinajstić information content (AvgIpc) is 2.96. The van der Waals surface area contributed by atoms with E-state index in [1.165, 1.54) is 5.56 Å². The van der Waals surface area contributed by atoms with Crippen LogP contribution in [-0.4, -0.2) is 35.1 Å². The number of carbonyl (C=O) groups excluding carboxylic acids is 1. The van der Waals surface area contributed by atoms with E-state index in [0.29, 0.717) is 12.2 Å². The summed E-state index contributed by atoms with van der Waals surface area (Å²) in [5, 5.41) is 10.9. The lowest BCUT2D eigenvalue weighted by Gasteiger charge is -2.14. The Balaban J connectivity index is 1.77. The van der Waals surface area contributed by atoms with E-state index in [9.17, 15) is 4.79 Å². The maximum absolute atomic E-state index is 12.5. The van der Waals surface area contributed by atoms with E-state index < -0.39 is 0 Å². The molecule has 1 amide bonds. The number of aromatic nitrogens is 2. The van der Waals surface area contributed by atoms with Crippen LogP contribution in [0.2, 0.25) is 0 Å². The molecule has 0 atom stereocenters. The molecule has 3 aromatic rings. The molecule has 0 aliphatic heterocycles. The normalized spacial score (nSPS) is 11.2. The van der Waals surface area contributed by atoms with Crippen molar-refractivity contribution in [3.63, 3.8) is 0 Å². The van der Waals surface area contributed by atoms with Crippen molar-refractivity contribution in [3.05, 3.63) is 64.8 Å². The first-order valence-corrected chi connectivity index (χ1v) is 7.99. The first kappa shape index (κ1) is 16.2. The topological polar surface area (TPSA) is 61.0 Å². The molecule has 5 heteroatoms. The second-order valence-corrected chi connectivity index (χ2v) is 6.31. The number of aryl methyl sites for hydroxylation is 1. The van der Waals surface area contributed by atoms with Crippen LogP contribution in [0.5, 0.6) is 0 Å². The smallest absolute Gasteiger partial charge is 0.272 e. The molecular formula is C19H22N4O. The monoisotopic (exact) mass is 322 g/mol. The van der Waals surface area contributed by atoms with Gasteiger partial charge in [0.2, 0.25) is 0 Å². The number of rotatable bonds is 5. The summed E-state index contributed by atoms with van der Waals surface area (Å²) in [5.74, 6) is -0.161. The summed E-state index contributed by atoms with van der Waals surface area (Å²) in [7, 11) is 4.07. The van der Waals surface area contributed by atoms with Gasteiger partial charge in [-0.05, 0) is 44.3 Å². The van der Waals surface area contributed by atoms with E-state index in [0.717, 1.165) is 28.6 Å². The van der Waals surface area contributed by atoms with Crippen molar-refractivity contribution in [2.45, 2.75) is 20.0 Å². The Hall–Kier alpha value is -2.66. The number of nitrogens with zero attached hydrogens (tertiary/aromatic N) is 2. The minimum absolute atomic E-state index is 0.161. The van der Waals surface area contributed by atoms with Crippen LogP contribution in [0.1, 0.15) is 27.2 Å². The quantitative estimate of drug-likeness (QED) is 0.759. The highest BCUT2D eigenvalue weighted by Crippen LogP contribution is 2.18. The van der Waals surface area contributed by atoms with Gasteiger partial charge in [-0.25, -0.2) is 0 Å². The molecule has 24 heavy (non-hydrogen) atoms. The van der Waals surface area contributed by atoms with Crippen molar-refractivity contribution in [1.29, 1.82) is 0 Å². The van der Waals surface area contributed by atoms with Gasteiger partial charge in [0.25, 0.3) is 5.91 Å². The molecule has 0 bridgehead atoms. The average molecular weight is 322 g/mol. The molecule has 2 aromatic carbocycles. The van der Waals surface area contributed by atoms with Crippen LogP contribution in [0, 0.1) is 6.92 Å². The summed E-state index contributed by atoms with van der Waals surface area (Å²) in [6, 6.07) is 14.1. The van der Waals surface area contributed by atoms with Crippen molar-refractivity contribution >= 4 is 16.8 Å². The highest BCUT2D eigenvalue weighted by atomic mass is 16.1. The molecular weight excluding hydrogens is 300 g/mol. The minimum atomic E-state index is -0.161. The molecule has 1 aromatic heterocycles. The van der Waals surface area contributed by atoms with Gasteiger partial charge < -0.3 is 10.2 Å². The van der Waals surface area contributed by atoms with Gasteiger partial charge >= 0.3 is 0 Å². The Labute approximate surface area is 141 Å². The lowest BCUT2D eigenvalue weighted by atomic mass is 10.1. The van der Waals surface area contributed by atoms with Crippen LogP contribution < -0.4 is 5.32 Å². The van der Waals surface area contributed by atoms with Crippen molar-refractivity contribution < 1.29 is 4.79 Å². The third-order valence-electron chi connectivity index (χ3n) is 3.98. The lowest BCUT2D eigenvalue weighted by molar-refractivity contribution is 0.0947.